The highest BCUT2D eigenvalue weighted by Gasteiger charge is 1.94. The van der Waals surface area contributed by atoms with Gasteiger partial charge in [-0.3, -0.25) is 0 Å². The Hall–Kier alpha value is -2.16. The predicted molar refractivity (Wildman–Crippen MR) is 67.4 cm³/mol. The molecule has 2 aromatic rings. The first-order valence-electron chi connectivity index (χ1n) is 5.24. The first-order valence-corrected chi connectivity index (χ1v) is 5.24. The number of aromatic hydroxyl groups is 3. The molecule has 0 amide bonds. The van der Waals surface area contributed by atoms with E-state index in [9.17, 15) is 0 Å². The second kappa shape index (κ2) is 5.80. The van der Waals surface area contributed by atoms with Crippen LogP contribution < -0.4 is 0 Å². The van der Waals surface area contributed by atoms with Crippen LogP contribution in [0.5, 0.6) is 17.2 Å². The molecular weight excluding hydrogens is 216 g/mol. The van der Waals surface area contributed by atoms with Crippen molar-refractivity contribution in [1.82, 2.24) is 0 Å². The first kappa shape index (κ1) is 12.9. The molecule has 0 aliphatic heterocycles. The van der Waals surface area contributed by atoms with E-state index in [1.54, 1.807) is 12.1 Å². The summed E-state index contributed by atoms with van der Waals surface area (Å²) in [6.45, 7) is 3.72. The van der Waals surface area contributed by atoms with Crippen molar-refractivity contribution in [1.29, 1.82) is 0 Å². The van der Waals surface area contributed by atoms with Crippen molar-refractivity contribution in [2.75, 3.05) is 0 Å². The first-order chi connectivity index (χ1) is 8.00. The van der Waals surface area contributed by atoms with Crippen molar-refractivity contribution in [2.45, 2.75) is 13.8 Å². The molecule has 0 atom stereocenters. The lowest BCUT2D eigenvalue weighted by Gasteiger charge is -1.95. The molecule has 0 spiro atoms. The van der Waals surface area contributed by atoms with Gasteiger partial charge in [0.15, 0.2) is 11.5 Å². The van der Waals surface area contributed by atoms with E-state index in [1.807, 2.05) is 32.0 Å². The summed E-state index contributed by atoms with van der Waals surface area (Å²) in [5.74, 6) is 0.239. The quantitative estimate of drug-likeness (QED) is 0.612. The minimum Gasteiger partial charge on any atom is -0.508 e. The van der Waals surface area contributed by atoms with Gasteiger partial charge in [0.2, 0.25) is 0 Å². The van der Waals surface area contributed by atoms with E-state index in [0.29, 0.717) is 5.75 Å². The smallest absolute Gasteiger partial charge is 0.157 e. The fraction of sp³-hybridized carbons (Fsp3) is 0.143. The van der Waals surface area contributed by atoms with Gasteiger partial charge < -0.3 is 15.3 Å². The van der Waals surface area contributed by atoms with Crippen LogP contribution in [-0.4, -0.2) is 15.3 Å². The van der Waals surface area contributed by atoms with Gasteiger partial charge in [0, 0.05) is 0 Å². The van der Waals surface area contributed by atoms with Crippen molar-refractivity contribution >= 4 is 0 Å². The van der Waals surface area contributed by atoms with Crippen molar-refractivity contribution in [3.8, 4) is 17.2 Å². The lowest BCUT2D eigenvalue weighted by molar-refractivity contribution is 0.403. The molecule has 0 bridgehead atoms. The Morgan fingerprint density at radius 3 is 1.76 bits per heavy atom. The minimum atomic E-state index is -0.0689. The topological polar surface area (TPSA) is 60.7 Å². The molecule has 0 aliphatic rings. The molecule has 0 heterocycles. The molecule has 17 heavy (non-hydrogen) atoms. The largest absolute Gasteiger partial charge is 0.508 e. The standard InChI is InChI=1S/C7H8O2.C7H8O/c1-5-2-3-6(8)7(9)4-5;1-6-4-2-3-5-7(6)8/h2-4,8-9H,1H3;2-5,8H,1H3. The third kappa shape index (κ3) is 4.07. The van der Waals surface area contributed by atoms with Gasteiger partial charge in [-0.1, -0.05) is 24.3 Å². The van der Waals surface area contributed by atoms with Gasteiger partial charge in [0.05, 0.1) is 0 Å². The van der Waals surface area contributed by atoms with E-state index in [-0.39, 0.29) is 11.5 Å². The molecule has 3 N–H and O–H groups in total. The molecule has 0 saturated carbocycles. The van der Waals surface area contributed by atoms with Gasteiger partial charge in [-0.25, -0.2) is 0 Å². The third-order valence-electron chi connectivity index (χ3n) is 2.25. The Kier molecular flexibility index (Phi) is 4.40. The van der Waals surface area contributed by atoms with E-state index in [0.717, 1.165) is 11.1 Å². The SMILES string of the molecule is Cc1ccc(O)c(O)c1.Cc1ccccc1O. The molecule has 0 aromatic heterocycles. The van der Waals surface area contributed by atoms with Crippen LogP contribution in [-0.2, 0) is 0 Å². The molecule has 0 fully saturated rings. The van der Waals surface area contributed by atoms with Crippen LogP contribution in [0, 0.1) is 13.8 Å². The Labute approximate surface area is 101 Å². The van der Waals surface area contributed by atoms with E-state index < -0.39 is 0 Å². The summed E-state index contributed by atoms with van der Waals surface area (Å²) in [5, 5.41) is 26.6. The van der Waals surface area contributed by atoms with Crippen molar-refractivity contribution in [3.63, 3.8) is 0 Å². The summed E-state index contributed by atoms with van der Waals surface area (Å²) in [6, 6.07) is 12.0. The maximum absolute atomic E-state index is 8.92. The van der Waals surface area contributed by atoms with Gasteiger partial charge >= 0.3 is 0 Å². The summed E-state index contributed by atoms with van der Waals surface area (Å²) in [5.41, 5.74) is 1.86. The van der Waals surface area contributed by atoms with Crippen LogP contribution >= 0.6 is 0 Å². The van der Waals surface area contributed by atoms with Crippen LogP contribution in [0.25, 0.3) is 0 Å². The lowest BCUT2D eigenvalue weighted by Crippen LogP contribution is -1.70. The molecule has 0 radical (unpaired) electrons. The van der Waals surface area contributed by atoms with Gasteiger partial charge in [0.25, 0.3) is 0 Å². The van der Waals surface area contributed by atoms with Crippen molar-refractivity contribution in [2.24, 2.45) is 0 Å². The monoisotopic (exact) mass is 232 g/mol. The molecule has 0 saturated heterocycles. The zero-order chi connectivity index (χ0) is 12.8. The molecule has 3 nitrogen and oxygen atoms in total. The normalized spacial score (nSPS) is 9.29. The molecule has 0 unspecified atom stereocenters. The minimum absolute atomic E-state index is 0.0602. The summed E-state index contributed by atoms with van der Waals surface area (Å²) >= 11 is 0. The van der Waals surface area contributed by atoms with E-state index in [2.05, 4.69) is 0 Å². The van der Waals surface area contributed by atoms with Crippen molar-refractivity contribution in [3.05, 3.63) is 53.6 Å². The van der Waals surface area contributed by atoms with E-state index in [1.165, 1.54) is 12.1 Å². The highest BCUT2D eigenvalue weighted by molar-refractivity contribution is 5.39. The van der Waals surface area contributed by atoms with Gasteiger partial charge in [-0.15, -0.1) is 0 Å². The number of phenols is 3. The zero-order valence-corrected chi connectivity index (χ0v) is 9.88. The second-order valence-corrected chi connectivity index (χ2v) is 3.78. The summed E-state index contributed by atoms with van der Waals surface area (Å²) in [6.07, 6.45) is 0. The maximum atomic E-state index is 8.92. The molecule has 2 rings (SSSR count). The van der Waals surface area contributed by atoms with E-state index >= 15 is 0 Å². The highest BCUT2D eigenvalue weighted by Crippen LogP contribution is 2.23. The maximum Gasteiger partial charge on any atom is 0.157 e. The van der Waals surface area contributed by atoms with Crippen LogP contribution in [0.3, 0.4) is 0 Å². The van der Waals surface area contributed by atoms with Crippen molar-refractivity contribution < 1.29 is 15.3 Å². The van der Waals surface area contributed by atoms with Gasteiger partial charge in [-0.2, -0.15) is 0 Å². The number of benzene rings is 2. The van der Waals surface area contributed by atoms with Crippen LogP contribution in [0.1, 0.15) is 11.1 Å². The van der Waals surface area contributed by atoms with E-state index in [4.69, 9.17) is 15.3 Å². The average Bonchev–Trinajstić information content (AvgIpc) is 2.29. The lowest BCUT2D eigenvalue weighted by atomic mass is 10.2. The average molecular weight is 232 g/mol. The van der Waals surface area contributed by atoms with Crippen LogP contribution in [0.4, 0.5) is 0 Å². The Morgan fingerprint density at radius 1 is 0.706 bits per heavy atom. The summed E-state index contributed by atoms with van der Waals surface area (Å²) in [7, 11) is 0. The number of aryl methyl sites for hydroxylation is 2. The van der Waals surface area contributed by atoms with Gasteiger partial charge in [-0.05, 0) is 43.2 Å². The molecular formula is C14H16O3. The second-order valence-electron chi connectivity index (χ2n) is 3.78. The Morgan fingerprint density at radius 2 is 1.35 bits per heavy atom. The Bertz CT molecular complexity index is 472. The number of rotatable bonds is 0. The highest BCUT2D eigenvalue weighted by atomic mass is 16.3. The Balaban J connectivity index is 0.000000171. The molecule has 3 heteroatoms. The number of phenolic OH excluding ortho intramolecular Hbond substituents is 3. The third-order valence-corrected chi connectivity index (χ3v) is 2.25. The summed E-state index contributed by atoms with van der Waals surface area (Å²) < 4.78 is 0. The van der Waals surface area contributed by atoms with Crippen LogP contribution in [0.15, 0.2) is 42.5 Å². The van der Waals surface area contributed by atoms with Crippen LogP contribution in [0.2, 0.25) is 0 Å². The summed E-state index contributed by atoms with van der Waals surface area (Å²) in [4.78, 5) is 0. The number of para-hydroxylation sites is 1. The molecule has 90 valence electrons. The fourth-order valence-corrected chi connectivity index (χ4v) is 1.20. The van der Waals surface area contributed by atoms with Gasteiger partial charge in [0.1, 0.15) is 5.75 Å². The predicted octanol–water partition coefficient (Wildman–Crippen LogP) is 3.11. The number of hydrogen-bond donors (Lipinski definition) is 3. The molecule has 2 aromatic carbocycles. The number of hydrogen-bond acceptors (Lipinski definition) is 3. The zero-order valence-electron chi connectivity index (χ0n) is 9.88. The molecule has 0 aliphatic carbocycles. The fourth-order valence-electron chi connectivity index (χ4n) is 1.20.